The van der Waals surface area contributed by atoms with Crippen molar-refractivity contribution in [1.29, 1.82) is 0 Å². The van der Waals surface area contributed by atoms with E-state index in [-0.39, 0.29) is 16.7 Å². The fraction of sp³-hybridized carbons (Fsp3) is 0.882. The van der Waals surface area contributed by atoms with Crippen LogP contribution in [0.25, 0.3) is 0 Å². The van der Waals surface area contributed by atoms with Crippen molar-refractivity contribution >= 4 is 16.6 Å². The van der Waals surface area contributed by atoms with Crippen molar-refractivity contribution in [3.05, 3.63) is 12.3 Å². The molecule has 0 bridgehead atoms. The van der Waals surface area contributed by atoms with Crippen molar-refractivity contribution in [2.75, 3.05) is 6.61 Å². The van der Waals surface area contributed by atoms with Crippen LogP contribution in [0.4, 0.5) is 0 Å². The van der Waals surface area contributed by atoms with E-state index < -0.39 is 28.8 Å². The second-order valence-corrected chi connectivity index (χ2v) is 18.8. The highest BCUT2D eigenvalue weighted by atomic mass is 28.4. The molecule has 0 spiro atoms. The second-order valence-electron chi connectivity index (χ2n) is 9.30. The number of aliphatic hydroxyl groups is 2. The van der Waals surface area contributed by atoms with Crippen molar-refractivity contribution < 1.29 is 19.1 Å². The zero-order chi connectivity index (χ0) is 18.7. The van der Waals surface area contributed by atoms with Gasteiger partial charge in [0.05, 0.1) is 19.0 Å². The Balaban J connectivity index is 5.13. The highest BCUT2D eigenvalue weighted by Gasteiger charge is 2.40. The maximum atomic E-state index is 10.1. The van der Waals surface area contributed by atoms with Gasteiger partial charge in [-0.15, -0.1) is 0 Å². The van der Waals surface area contributed by atoms with Crippen molar-refractivity contribution in [3.63, 3.8) is 0 Å². The molecule has 138 valence electrons. The Kier molecular flexibility index (Phi) is 7.77. The Morgan fingerprint density at radius 3 is 1.70 bits per heavy atom. The van der Waals surface area contributed by atoms with Gasteiger partial charge in [0.1, 0.15) is 6.10 Å². The molecule has 0 unspecified atom stereocenters. The van der Waals surface area contributed by atoms with E-state index >= 15 is 0 Å². The smallest absolute Gasteiger partial charge is 0.249 e. The lowest BCUT2D eigenvalue weighted by atomic mass is 10.2. The highest BCUT2D eigenvalue weighted by molar-refractivity contribution is 6.74. The summed E-state index contributed by atoms with van der Waals surface area (Å²) in [4.78, 5) is 0. The van der Waals surface area contributed by atoms with Gasteiger partial charge in [0.2, 0.25) is 8.32 Å². The van der Waals surface area contributed by atoms with Crippen LogP contribution in [-0.2, 0) is 8.85 Å². The van der Waals surface area contributed by atoms with Gasteiger partial charge in [0.15, 0.2) is 8.32 Å². The van der Waals surface area contributed by atoms with Crippen LogP contribution in [0.15, 0.2) is 12.3 Å². The number of rotatable bonds is 7. The second kappa shape index (κ2) is 7.82. The van der Waals surface area contributed by atoms with Gasteiger partial charge in [-0.3, -0.25) is 0 Å². The van der Waals surface area contributed by atoms with E-state index in [0.29, 0.717) is 0 Å². The molecule has 0 heterocycles. The molecule has 0 aliphatic rings. The Bertz CT molecular complexity index is 392. The topological polar surface area (TPSA) is 58.9 Å². The molecule has 0 aromatic carbocycles. The quantitative estimate of drug-likeness (QED) is 0.524. The first-order valence-corrected chi connectivity index (χ1v) is 14.2. The lowest BCUT2D eigenvalue weighted by Crippen LogP contribution is -2.47. The number of aliphatic hydroxyl groups excluding tert-OH is 2. The van der Waals surface area contributed by atoms with Crippen molar-refractivity contribution in [1.82, 2.24) is 0 Å². The number of hydrogen-bond acceptors (Lipinski definition) is 4. The van der Waals surface area contributed by atoms with Crippen LogP contribution in [0.5, 0.6) is 0 Å². The molecule has 0 radical (unpaired) electrons. The molecule has 0 amide bonds. The van der Waals surface area contributed by atoms with Gasteiger partial charge in [-0.2, -0.15) is 0 Å². The maximum absolute atomic E-state index is 10.1. The summed E-state index contributed by atoms with van der Waals surface area (Å²) in [6.07, 6.45) is 1.92. The van der Waals surface area contributed by atoms with Gasteiger partial charge >= 0.3 is 0 Å². The molecule has 4 nitrogen and oxygen atoms in total. The Labute approximate surface area is 145 Å². The van der Waals surface area contributed by atoms with E-state index in [9.17, 15) is 10.2 Å². The molecule has 23 heavy (non-hydrogen) atoms. The van der Waals surface area contributed by atoms with Crippen LogP contribution in [0, 0.1) is 0 Å². The fourth-order valence-electron chi connectivity index (χ4n) is 1.33. The fourth-order valence-corrected chi connectivity index (χ4v) is 3.37. The first-order chi connectivity index (χ1) is 10.0. The first-order valence-electron chi connectivity index (χ1n) is 8.36. The molecule has 0 aliphatic heterocycles. The van der Waals surface area contributed by atoms with E-state index in [2.05, 4.69) is 67.7 Å². The summed E-state index contributed by atoms with van der Waals surface area (Å²) in [5.41, 5.74) is 0. The minimum atomic E-state index is -2.05. The standard InChI is InChI=1S/C17H38O4Si2/c1-16(2,3)22(7,8)20-12-11-15(14(19)13-18)21-23(9,10)17(4,5)6/h11-12,14-15,18-19H,13H2,1-10H3/b12-11+/t14-,15+/m1/s1. The Morgan fingerprint density at radius 1 is 0.913 bits per heavy atom. The SMILES string of the molecule is CC(C)(C)[Si](C)(C)O/C=C/[C@H](O[Si](C)(C)C(C)(C)C)[C@H](O)CO. The normalized spacial score (nSPS) is 17.4. The molecule has 0 aromatic heterocycles. The highest BCUT2D eigenvalue weighted by Crippen LogP contribution is 2.38. The summed E-state index contributed by atoms with van der Waals surface area (Å²) in [7, 11) is -3.93. The lowest BCUT2D eigenvalue weighted by molar-refractivity contribution is 0.0144. The van der Waals surface area contributed by atoms with Crippen molar-refractivity contribution in [2.45, 2.75) is 90.0 Å². The average molecular weight is 363 g/mol. The van der Waals surface area contributed by atoms with Gasteiger partial charge in [-0.25, -0.2) is 0 Å². The molecule has 0 saturated carbocycles. The largest absolute Gasteiger partial charge is 0.549 e. The summed E-state index contributed by atoms with van der Waals surface area (Å²) in [6, 6.07) is 0. The minimum absolute atomic E-state index is 0.0363. The summed E-state index contributed by atoms with van der Waals surface area (Å²) in [5.74, 6) is 0. The molecule has 0 aliphatic carbocycles. The number of hydrogen-bond donors (Lipinski definition) is 2. The summed E-state index contributed by atoms with van der Waals surface area (Å²) in [5, 5.41) is 19.6. The third-order valence-electron chi connectivity index (χ3n) is 5.24. The lowest BCUT2D eigenvalue weighted by Gasteiger charge is -2.39. The predicted molar refractivity (Wildman–Crippen MR) is 103 cm³/mol. The van der Waals surface area contributed by atoms with Gasteiger partial charge in [0, 0.05) is 0 Å². The zero-order valence-electron chi connectivity index (χ0n) is 16.7. The van der Waals surface area contributed by atoms with E-state index in [1.54, 1.807) is 12.3 Å². The van der Waals surface area contributed by atoms with E-state index in [4.69, 9.17) is 8.85 Å². The average Bonchev–Trinajstić information content (AvgIpc) is 2.33. The molecular weight excluding hydrogens is 324 g/mol. The van der Waals surface area contributed by atoms with Crippen LogP contribution >= 0.6 is 0 Å². The Hall–Kier alpha value is -0.146. The predicted octanol–water partition coefficient (Wildman–Crippen LogP) is 4.27. The van der Waals surface area contributed by atoms with E-state index in [1.807, 2.05) is 0 Å². The third-order valence-corrected chi connectivity index (χ3v) is 14.1. The molecule has 0 rings (SSSR count). The summed E-state index contributed by atoms with van der Waals surface area (Å²) < 4.78 is 12.3. The van der Waals surface area contributed by atoms with E-state index in [0.717, 1.165) is 0 Å². The van der Waals surface area contributed by atoms with Crippen molar-refractivity contribution in [3.8, 4) is 0 Å². The van der Waals surface area contributed by atoms with Gasteiger partial charge in [-0.05, 0) is 42.3 Å². The van der Waals surface area contributed by atoms with Gasteiger partial charge in [0.25, 0.3) is 0 Å². The first kappa shape index (κ1) is 22.9. The molecule has 6 heteroatoms. The third kappa shape index (κ3) is 6.70. The van der Waals surface area contributed by atoms with Crippen molar-refractivity contribution in [2.24, 2.45) is 0 Å². The van der Waals surface area contributed by atoms with Crippen LogP contribution in [0.2, 0.25) is 36.3 Å². The van der Waals surface area contributed by atoms with Crippen LogP contribution < -0.4 is 0 Å². The molecule has 2 N–H and O–H groups in total. The maximum Gasteiger partial charge on any atom is 0.249 e. The minimum Gasteiger partial charge on any atom is -0.549 e. The van der Waals surface area contributed by atoms with Gasteiger partial charge in [-0.1, -0.05) is 41.5 Å². The monoisotopic (exact) mass is 362 g/mol. The summed E-state index contributed by atoms with van der Waals surface area (Å²) in [6.45, 7) is 21.3. The molecule has 2 atom stereocenters. The zero-order valence-corrected chi connectivity index (χ0v) is 18.7. The van der Waals surface area contributed by atoms with Crippen LogP contribution in [0.1, 0.15) is 41.5 Å². The van der Waals surface area contributed by atoms with Gasteiger partial charge < -0.3 is 19.1 Å². The molecule has 0 aromatic rings. The van der Waals surface area contributed by atoms with Crippen LogP contribution in [0.3, 0.4) is 0 Å². The molecule has 0 fully saturated rings. The Morgan fingerprint density at radius 2 is 1.35 bits per heavy atom. The molecular formula is C17H38O4Si2. The molecule has 0 saturated heterocycles. The van der Waals surface area contributed by atoms with Crippen LogP contribution in [-0.4, -0.2) is 45.7 Å². The summed E-state index contributed by atoms with van der Waals surface area (Å²) >= 11 is 0. The van der Waals surface area contributed by atoms with E-state index in [1.165, 1.54) is 0 Å².